The summed E-state index contributed by atoms with van der Waals surface area (Å²) in [6.07, 6.45) is -4.91. The molecule has 0 N–H and O–H groups in total. The van der Waals surface area contributed by atoms with Gasteiger partial charge in [-0.05, 0) is 48.5 Å². The Kier molecular flexibility index (Phi) is 12.1. The second kappa shape index (κ2) is 16.1. The number of benzene rings is 4. The lowest BCUT2D eigenvalue weighted by Crippen LogP contribution is -2.39. The molecule has 0 aliphatic carbocycles. The second-order valence-electron chi connectivity index (χ2n) is 11.0. The van der Waals surface area contributed by atoms with Crippen LogP contribution in [0.4, 0.5) is 35.0 Å². The third-order valence-corrected chi connectivity index (χ3v) is 9.64. The SMILES string of the molecule is COc1ccc(CN(Cc2ccc(OC)cc2OC)S(=O)(=O)c2ccc(N(C)C(=O)N(C)c3ccc(OC(F)(F)F)cc3)c([N+](=O)[O-])c2)c(OC)c1. The molecule has 0 saturated carbocycles. The lowest BCUT2D eigenvalue weighted by Gasteiger charge is -2.26. The standard InChI is InChI=1S/C34H35F3N4O10S/c1-38(24-9-13-25(14-10-24)51-34(35,36)37)33(42)39(2)29-16-15-28(19-30(29)41(43)44)52(45,46)40(20-22-7-11-26(47-3)17-31(22)49-5)21-23-8-12-27(48-4)18-32(23)50-6/h7-19H,20-21H2,1-6H3. The third-order valence-electron chi connectivity index (χ3n) is 7.86. The van der Waals surface area contributed by atoms with Gasteiger partial charge in [-0.1, -0.05) is 12.1 Å². The highest BCUT2D eigenvalue weighted by molar-refractivity contribution is 7.89. The number of alkyl halides is 3. The van der Waals surface area contributed by atoms with Crippen LogP contribution in [0.1, 0.15) is 11.1 Å². The molecular formula is C34H35F3N4O10S. The molecule has 18 heteroatoms. The Labute approximate surface area is 297 Å². The Morgan fingerprint density at radius 2 is 1.23 bits per heavy atom. The summed E-state index contributed by atoms with van der Waals surface area (Å²) in [5, 5.41) is 12.3. The van der Waals surface area contributed by atoms with E-state index < -0.39 is 43.7 Å². The molecule has 0 spiro atoms. The topological polar surface area (TPSA) is 150 Å². The minimum Gasteiger partial charge on any atom is -0.497 e. The van der Waals surface area contributed by atoms with E-state index in [2.05, 4.69) is 4.74 Å². The van der Waals surface area contributed by atoms with Crippen molar-refractivity contribution in [1.29, 1.82) is 0 Å². The van der Waals surface area contributed by atoms with Crippen molar-refractivity contribution >= 4 is 33.1 Å². The zero-order valence-corrected chi connectivity index (χ0v) is 29.6. The van der Waals surface area contributed by atoms with Gasteiger partial charge in [-0.15, -0.1) is 13.2 Å². The van der Waals surface area contributed by atoms with Gasteiger partial charge in [-0.2, -0.15) is 4.31 Å². The van der Waals surface area contributed by atoms with Gasteiger partial charge in [0, 0.05) is 62.2 Å². The van der Waals surface area contributed by atoms with Crippen molar-refractivity contribution in [2.24, 2.45) is 0 Å². The molecule has 4 aromatic carbocycles. The predicted molar refractivity (Wildman–Crippen MR) is 184 cm³/mol. The molecule has 278 valence electrons. The summed E-state index contributed by atoms with van der Waals surface area (Å²) in [7, 11) is 3.78. The van der Waals surface area contributed by atoms with Gasteiger partial charge in [-0.25, -0.2) is 13.2 Å². The Morgan fingerprint density at radius 1 is 0.731 bits per heavy atom. The first kappa shape index (κ1) is 39.0. The highest BCUT2D eigenvalue weighted by Crippen LogP contribution is 2.36. The van der Waals surface area contributed by atoms with Crippen LogP contribution in [0.15, 0.2) is 83.8 Å². The number of nitro groups is 1. The van der Waals surface area contributed by atoms with Crippen molar-refractivity contribution in [2.75, 3.05) is 52.3 Å². The number of carbonyl (C=O) groups excluding carboxylic acids is 1. The first-order valence-electron chi connectivity index (χ1n) is 15.1. The smallest absolute Gasteiger partial charge is 0.497 e. The van der Waals surface area contributed by atoms with Gasteiger partial charge in [0.05, 0.1) is 38.3 Å². The molecule has 0 radical (unpaired) electrons. The number of halogens is 3. The quantitative estimate of drug-likeness (QED) is 0.102. The fourth-order valence-corrected chi connectivity index (χ4v) is 6.54. The fraction of sp³-hybridized carbons (Fsp3) is 0.265. The Bertz CT molecular complexity index is 1970. The molecule has 0 atom stereocenters. The van der Waals surface area contributed by atoms with E-state index in [0.29, 0.717) is 34.1 Å². The van der Waals surface area contributed by atoms with Crippen molar-refractivity contribution in [3.8, 4) is 28.7 Å². The van der Waals surface area contributed by atoms with E-state index in [4.69, 9.17) is 18.9 Å². The number of hydrogen-bond donors (Lipinski definition) is 0. The minimum atomic E-state index is -4.91. The number of amides is 2. The first-order chi connectivity index (χ1) is 24.5. The van der Waals surface area contributed by atoms with Gasteiger partial charge in [0.2, 0.25) is 10.0 Å². The maximum absolute atomic E-state index is 14.4. The number of ether oxygens (including phenoxy) is 5. The molecule has 0 unspecified atom stereocenters. The number of anilines is 2. The first-order valence-corrected chi connectivity index (χ1v) is 16.5. The largest absolute Gasteiger partial charge is 0.573 e. The molecule has 0 aliphatic rings. The van der Waals surface area contributed by atoms with Crippen molar-refractivity contribution in [2.45, 2.75) is 24.3 Å². The zero-order chi connectivity index (χ0) is 38.4. The van der Waals surface area contributed by atoms with Gasteiger partial charge < -0.3 is 23.7 Å². The predicted octanol–water partition coefficient (Wildman–Crippen LogP) is 6.61. The number of carbonyl (C=O) groups is 1. The monoisotopic (exact) mass is 748 g/mol. The summed E-state index contributed by atoms with van der Waals surface area (Å²) >= 11 is 0. The van der Waals surface area contributed by atoms with Gasteiger partial charge in [0.15, 0.2) is 0 Å². The van der Waals surface area contributed by atoms with E-state index in [-0.39, 0.29) is 24.5 Å². The third kappa shape index (κ3) is 8.93. The van der Waals surface area contributed by atoms with E-state index >= 15 is 0 Å². The van der Waals surface area contributed by atoms with Crippen LogP contribution in [-0.4, -0.2) is 72.6 Å². The van der Waals surface area contributed by atoms with Crippen LogP contribution in [0.3, 0.4) is 0 Å². The van der Waals surface area contributed by atoms with Crippen LogP contribution >= 0.6 is 0 Å². The van der Waals surface area contributed by atoms with E-state index in [1.54, 1.807) is 36.4 Å². The van der Waals surface area contributed by atoms with Crippen molar-refractivity contribution < 1.29 is 55.0 Å². The molecule has 52 heavy (non-hydrogen) atoms. The molecular weight excluding hydrogens is 713 g/mol. The number of urea groups is 1. The average Bonchev–Trinajstić information content (AvgIpc) is 3.13. The highest BCUT2D eigenvalue weighted by atomic mass is 32.2. The maximum Gasteiger partial charge on any atom is 0.573 e. The minimum absolute atomic E-state index is 0.145. The number of nitrogens with zero attached hydrogens (tertiary/aromatic N) is 4. The summed E-state index contributed by atoms with van der Waals surface area (Å²) in [4.78, 5) is 26.4. The molecule has 4 aromatic rings. The normalized spacial score (nSPS) is 11.5. The number of sulfonamides is 1. The van der Waals surface area contributed by atoms with E-state index in [9.17, 15) is 36.5 Å². The van der Waals surface area contributed by atoms with E-state index in [1.807, 2.05) is 0 Å². The average molecular weight is 749 g/mol. The summed E-state index contributed by atoms with van der Waals surface area (Å²) in [6.45, 7) is -0.480. The lowest BCUT2D eigenvalue weighted by atomic mass is 10.1. The molecule has 14 nitrogen and oxygen atoms in total. The van der Waals surface area contributed by atoms with Gasteiger partial charge in [0.25, 0.3) is 5.69 Å². The van der Waals surface area contributed by atoms with E-state index in [0.717, 1.165) is 44.4 Å². The van der Waals surface area contributed by atoms with Crippen molar-refractivity contribution in [1.82, 2.24) is 4.31 Å². The van der Waals surface area contributed by atoms with Gasteiger partial charge in [0.1, 0.15) is 34.4 Å². The van der Waals surface area contributed by atoms with E-state index in [1.165, 1.54) is 54.7 Å². The Balaban J connectivity index is 1.73. The maximum atomic E-state index is 14.4. The molecule has 0 bridgehead atoms. The molecule has 4 rings (SSSR count). The Hall–Kier alpha value is -5.75. The molecule has 2 amide bonds. The van der Waals surface area contributed by atoms with Crippen LogP contribution in [0.5, 0.6) is 28.7 Å². The second-order valence-corrected chi connectivity index (χ2v) is 12.9. The summed E-state index contributed by atoms with van der Waals surface area (Å²) in [5.74, 6) is 1.08. The fourth-order valence-electron chi connectivity index (χ4n) is 5.12. The number of methoxy groups -OCH3 is 4. The molecule has 0 aliphatic heterocycles. The number of rotatable bonds is 14. The summed E-state index contributed by atoms with van der Waals surface area (Å²) in [6, 6.07) is 16.4. The van der Waals surface area contributed by atoms with Crippen LogP contribution in [0.2, 0.25) is 0 Å². The molecule has 0 aromatic heterocycles. The van der Waals surface area contributed by atoms with Crippen LogP contribution < -0.4 is 33.5 Å². The van der Waals surface area contributed by atoms with Crippen molar-refractivity contribution in [3.05, 3.63) is 100 Å². The van der Waals surface area contributed by atoms with Crippen LogP contribution in [-0.2, 0) is 23.1 Å². The lowest BCUT2D eigenvalue weighted by molar-refractivity contribution is -0.384. The summed E-state index contributed by atoms with van der Waals surface area (Å²) < 4.78 is 93.0. The van der Waals surface area contributed by atoms with Crippen LogP contribution in [0.25, 0.3) is 0 Å². The van der Waals surface area contributed by atoms with Gasteiger partial charge >= 0.3 is 12.4 Å². The molecule has 0 saturated heterocycles. The highest BCUT2D eigenvalue weighted by Gasteiger charge is 2.33. The van der Waals surface area contributed by atoms with Crippen molar-refractivity contribution in [3.63, 3.8) is 0 Å². The summed E-state index contributed by atoms with van der Waals surface area (Å²) in [5.41, 5.74) is 0.0988. The number of nitro benzene ring substituents is 1. The Morgan fingerprint density at radius 3 is 1.67 bits per heavy atom. The molecule has 0 fully saturated rings. The molecule has 0 heterocycles. The zero-order valence-electron chi connectivity index (χ0n) is 28.8. The number of hydrogen-bond acceptors (Lipinski definition) is 10. The van der Waals surface area contributed by atoms with Gasteiger partial charge in [-0.3, -0.25) is 19.9 Å². The van der Waals surface area contributed by atoms with Crippen LogP contribution in [0, 0.1) is 10.1 Å².